The van der Waals surface area contributed by atoms with Crippen molar-refractivity contribution < 1.29 is 4.74 Å². The fourth-order valence-corrected chi connectivity index (χ4v) is 1.90. The standard InChI is InChI=1S/C11H15N2O/c1-14-11-12-7-10(8-13-11)9-5-3-2-4-6-9/h2,7-9H,3-6H2,1H3. The van der Waals surface area contributed by atoms with Gasteiger partial charge in [-0.25, -0.2) is 9.97 Å². The van der Waals surface area contributed by atoms with Crippen LogP contribution in [0.25, 0.3) is 0 Å². The Kier molecular flexibility index (Phi) is 2.96. The third-order valence-electron chi connectivity index (χ3n) is 2.74. The van der Waals surface area contributed by atoms with Gasteiger partial charge in [-0.05, 0) is 43.6 Å². The summed E-state index contributed by atoms with van der Waals surface area (Å²) in [5.41, 5.74) is 1.25. The Hall–Kier alpha value is -1.12. The molecule has 2 rings (SSSR count). The van der Waals surface area contributed by atoms with Crippen molar-refractivity contribution in [1.29, 1.82) is 0 Å². The van der Waals surface area contributed by atoms with Gasteiger partial charge < -0.3 is 4.74 Å². The molecule has 0 N–H and O–H groups in total. The molecule has 1 aliphatic carbocycles. The Morgan fingerprint density at radius 3 is 2.43 bits per heavy atom. The van der Waals surface area contributed by atoms with Crippen molar-refractivity contribution in [2.45, 2.75) is 31.6 Å². The maximum Gasteiger partial charge on any atom is 0.316 e. The molecule has 1 fully saturated rings. The lowest BCUT2D eigenvalue weighted by molar-refractivity contribution is 0.378. The molecule has 14 heavy (non-hydrogen) atoms. The summed E-state index contributed by atoms with van der Waals surface area (Å²) in [5.74, 6) is 0.644. The van der Waals surface area contributed by atoms with Crippen LogP contribution in [0.2, 0.25) is 0 Å². The number of methoxy groups -OCH3 is 1. The zero-order chi connectivity index (χ0) is 9.80. The van der Waals surface area contributed by atoms with Crippen LogP contribution in [-0.4, -0.2) is 17.1 Å². The second-order valence-electron chi connectivity index (χ2n) is 3.64. The Morgan fingerprint density at radius 2 is 1.86 bits per heavy atom. The number of hydrogen-bond donors (Lipinski definition) is 0. The van der Waals surface area contributed by atoms with Crippen molar-refractivity contribution >= 4 is 0 Å². The molecule has 1 aromatic heterocycles. The first-order chi connectivity index (χ1) is 6.90. The molecule has 0 unspecified atom stereocenters. The molecule has 1 aromatic rings. The van der Waals surface area contributed by atoms with Crippen LogP contribution in [0.1, 0.15) is 37.2 Å². The molecule has 0 atom stereocenters. The predicted octanol–water partition coefficient (Wildman–Crippen LogP) is 2.35. The van der Waals surface area contributed by atoms with Crippen LogP contribution in [0.4, 0.5) is 0 Å². The van der Waals surface area contributed by atoms with Crippen LogP contribution in [-0.2, 0) is 0 Å². The summed E-state index contributed by atoms with van der Waals surface area (Å²) >= 11 is 0. The summed E-state index contributed by atoms with van der Waals surface area (Å²) in [4.78, 5) is 8.26. The summed E-state index contributed by atoms with van der Waals surface area (Å²) in [7, 11) is 1.59. The van der Waals surface area contributed by atoms with Gasteiger partial charge >= 0.3 is 6.01 Å². The molecule has 1 saturated carbocycles. The zero-order valence-corrected chi connectivity index (χ0v) is 8.44. The molecule has 1 heterocycles. The Balaban J connectivity index is 2.07. The van der Waals surface area contributed by atoms with Gasteiger partial charge in [0.1, 0.15) is 0 Å². The second kappa shape index (κ2) is 4.40. The van der Waals surface area contributed by atoms with E-state index in [-0.39, 0.29) is 0 Å². The highest BCUT2D eigenvalue weighted by Crippen LogP contribution is 2.31. The van der Waals surface area contributed by atoms with Crippen molar-refractivity contribution in [3.8, 4) is 6.01 Å². The average Bonchev–Trinajstić information content (AvgIpc) is 2.30. The number of rotatable bonds is 2. The number of ether oxygens (including phenoxy) is 1. The average molecular weight is 191 g/mol. The molecule has 0 saturated heterocycles. The summed E-state index contributed by atoms with van der Waals surface area (Å²) < 4.78 is 4.93. The first-order valence-corrected chi connectivity index (χ1v) is 5.08. The van der Waals surface area contributed by atoms with Crippen LogP contribution in [0.3, 0.4) is 0 Å². The smallest absolute Gasteiger partial charge is 0.316 e. The summed E-state index contributed by atoms with van der Waals surface area (Å²) in [6.45, 7) is 0. The molecule has 1 radical (unpaired) electrons. The van der Waals surface area contributed by atoms with Gasteiger partial charge in [0.15, 0.2) is 0 Å². The fourth-order valence-electron chi connectivity index (χ4n) is 1.90. The first-order valence-electron chi connectivity index (χ1n) is 5.08. The number of aromatic nitrogens is 2. The Morgan fingerprint density at radius 1 is 1.21 bits per heavy atom. The maximum absolute atomic E-state index is 4.93. The Bertz CT molecular complexity index is 278. The molecule has 0 bridgehead atoms. The van der Waals surface area contributed by atoms with Crippen LogP contribution < -0.4 is 4.74 Å². The minimum Gasteiger partial charge on any atom is -0.467 e. The molecule has 0 aromatic carbocycles. The van der Waals surface area contributed by atoms with Gasteiger partial charge in [0.05, 0.1) is 7.11 Å². The van der Waals surface area contributed by atoms with Crippen molar-refractivity contribution in [2.75, 3.05) is 7.11 Å². The maximum atomic E-state index is 4.93. The number of nitrogens with zero attached hydrogens (tertiary/aromatic N) is 2. The van der Waals surface area contributed by atoms with Crippen molar-refractivity contribution in [3.63, 3.8) is 0 Å². The fraction of sp³-hybridized carbons (Fsp3) is 0.545. The van der Waals surface area contributed by atoms with Gasteiger partial charge in [-0.15, -0.1) is 0 Å². The van der Waals surface area contributed by atoms with Gasteiger partial charge in [0.25, 0.3) is 0 Å². The van der Waals surface area contributed by atoms with Crippen LogP contribution in [0.5, 0.6) is 6.01 Å². The lowest BCUT2D eigenvalue weighted by Gasteiger charge is -2.20. The third kappa shape index (κ3) is 2.03. The first kappa shape index (κ1) is 9.44. The van der Waals surface area contributed by atoms with E-state index in [0.717, 1.165) is 0 Å². The minimum atomic E-state index is 0.455. The van der Waals surface area contributed by atoms with E-state index in [2.05, 4.69) is 16.4 Å². The topological polar surface area (TPSA) is 35.0 Å². The molecule has 75 valence electrons. The van der Waals surface area contributed by atoms with E-state index in [0.29, 0.717) is 11.9 Å². The summed E-state index contributed by atoms with van der Waals surface area (Å²) in [5, 5.41) is 0. The van der Waals surface area contributed by atoms with Crippen molar-refractivity contribution in [1.82, 2.24) is 9.97 Å². The largest absolute Gasteiger partial charge is 0.467 e. The summed E-state index contributed by atoms with van der Waals surface area (Å²) in [6.07, 6.45) is 11.0. The highest BCUT2D eigenvalue weighted by atomic mass is 16.5. The molecule has 3 heteroatoms. The van der Waals surface area contributed by atoms with Crippen LogP contribution >= 0.6 is 0 Å². The highest BCUT2D eigenvalue weighted by molar-refractivity contribution is 5.14. The van der Waals surface area contributed by atoms with E-state index in [1.807, 2.05) is 12.4 Å². The normalized spacial score (nSPS) is 18.1. The van der Waals surface area contributed by atoms with Gasteiger partial charge in [-0.1, -0.05) is 0 Å². The van der Waals surface area contributed by atoms with E-state index in [4.69, 9.17) is 4.74 Å². The summed E-state index contributed by atoms with van der Waals surface area (Å²) in [6, 6.07) is 0.455. The predicted molar refractivity (Wildman–Crippen MR) is 54.1 cm³/mol. The van der Waals surface area contributed by atoms with Crippen molar-refractivity contribution in [2.24, 2.45) is 0 Å². The zero-order valence-electron chi connectivity index (χ0n) is 8.44. The molecule has 0 amide bonds. The quantitative estimate of drug-likeness (QED) is 0.719. The molecular formula is C11H15N2O. The Labute approximate surface area is 84.5 Å². The molecular weight excluding hydrogens is 176 g/mol. The lowest BCUT2D eigenvalue weighted by Crippen LogP contribution is -2.06. The van der Waals surface area contributed by atoms with E-state index >= 15 is 0 Å². The van der Waals surface area contributed by atoms with Gasteiger partial charge in [-0.3, -0.25) is 0 Å². The molecule has 0 spiro atoms. The van der Waals surface area contributed by atoms with E-state index < -0.39 is 0 Å². The van der Waals surface area contributed by atoms with E-state index in [9.17, 15) is 0 Å². The molecule has 1 aliphatic rings. The van der Waals surface area contributed by atoms with E-state index in [1.165, 1.54) is 31.2 Å². The monoisotopic (exact) mass is 191 g/mol. The van der Waals surface area contributed by atoms with Gasteiger partial charge in [0.2, 0.25) is 0 Å². The van der Waals surface area contributed by atoms with Crippen LogP contribution in [0.15, 0.2) is 12.4 Å². The lowest BCUT2D eigenvalue weighted by atomic mass is 9.85. The molecule has 3 nitrogen and oxygen atoms in total. The van der Waals surface area contributed by atoms with E-state index in [1.54, 1.807) is 7.11 Å². The second-order valence-corrected chi connectivity index (χ2v) is 3.64. The van der Waals surface area contributed by atoms with Gasteiger partial charge in [-0.2, -0.15) is 0 Å². The number of hydrogen-bond acceptors (Lipinski definition) is 3. The van der Waals surface area contributed by atoms with Crippen molar-refractivity contribution in [3.05, 3.63) is 24.4 Å². The minimum absolute atomic E-state index is 0.455. The SMILES string of the molecule is COc1ncc(C2CC[CH]CC2)cn1. The van der Waals surface area contributed by atoms with Crippen LogP contribution in [0, 0.1) is 6.42 Å². The van der Waals surface area contributed by atoms with Gasteiger partial charge in [0, 0.05) is 12.4 Å². The highest BCUT2D eigenvalue weighted by Gasteiger charge is 2.16. The third-order valence-corrected chi connectivity index (χ3v) is 2.74. The molecule has 0 aliphatic heterocycles.